The summed E-state index contributed by atoms with van der Waals surface area (Å²) in [7, 11) is 0. The molecule has 1 amide bonds. The van der Waals surface area contributed by atoms with Crippen LogP contribution in [0.1, 0.15) is 33.1 Å². The summed E-state index contributed by atoms with van der Waals surface area (Å²) in [5.41, 5.74) is 0. The van der Waals surface area contributed by atoms with Crippen molar-refractivity contribution in [3.05, 3.63) is 0 Å². The number of carbonyl (C=O) groups excluding carboxylic acids is 2. The third-order valence-electron chi connectivity index (χ3n) is 2.42. The van der Waals surface area contributed by atoms with Crippen LogP contribution in [0.25, 0.3) is 0 Å². The van der Waals surface area contributed by atoms with Gasteiger partial charge in [0.05, 0.1) is 6.04 Å². The zero-order valence-corrected chi connectivity index (χ0v) is 9.52. The fourth-order valence-electron chi connectivity index (χ4n) is 1.50. The van der Waals surface area contributed by atoms with Crippen LogP contribution in [0, 0.1) is 5.92 Å². The molecule has 0 radical (unpaired) electrons. The average Bonchev–Trinajstić information content (AvgIpc) is 2.52. The second-order valence-electron chi connectivity index (χ2n) is 3.71. The topological polar surface area (TPSA) is 46.2 Å². The molecule has 1 saturated heterocycles. The Balaban J connectivity index is 2.36. The molecule has 0 unspecified atom stereocenters. The van der Waals surface area contributed by atoms with Crippen LogP contribution < -0.4 is 5.32 Å². The van der Waals surface area contributed by atoms with Crippen LogP contribution in [0.2, 0.25) is 0 Å². The zero-order valence-electron chi connectivity index (χ0n) is 8.71. The maximum absolute atomic E-state index is 11.6. The Kier molecular flexibility index (Phi) is 4.45. The number of carbonyl (C=O) groups is 2. The Hall–Kier alpha value is -0.510. The molecule has 0 aliphatic carbocycles. The molecule has 80 valence electrons. The van der Waals surface area contributed by atoms with Crippen molar-refractivity contribution in [1.29, 1.82) is 0 Å². The largest absolute Gasteiger partial charge is 0.345 e. The predicted molar refractivity (Wildman–Crippen MR) is 58.1 cm³/mol. The SMILES string of the molecule is CCC[C@H](C)C(=O)N[C@@H]1CCSC1=O. The molecular weight excluding hydrogens is 198 g/mol. The van der Waals surface area contributed by atoms with E-state index in [1.807, 2.05) is 6.92 Å². The van der Waals surface area contributed by atoms with Gasteiger partial charge >= 0.3 is 0 Å². The van der Waals surface area contributed by atoms with Gasteiger partial charge in [-0.3, -0.25) is 9.59 Å². The summed E-state index contributed by atoms with van der Waals surface area (Å²) in [6.07, 6.45) is 2.68. The summed E-state index contributed by atoms with van der Waals surface area (Å²) in [5, 5.41) is 2.92. The van der Waals surface area contributed by atoms with E-state index in [2.05, 4.69) is 12.2 Å². The highest BCUT2D eigenvalue weighted by molar-refractivity contribution is 8.14. The third-order valence-corrected chi connectivity index (χ3v) is 3.43. The maximum Gasteiger partial charge on any atom is 0.223 e. The molecule has 0 aromatic carbocycles. The molecule has 1 aliphatic heterocycles. The normalized spacial score (nSPS) is 23.6. The van der Waals surface area contributed by atoms with Crippen LogP contribution in [0.5, 0.6) is 0 Å². The number of rotatable bonds is 4. The maximum atomic E-state index is 11.6. The fourth-order valence-corrected chi connectivity index (χ4v) is 2.44. The highest BCUT2D eigenvalue weighted by Gasteiger charge is 2.27. The monoisotopic (exact) mass is 215 g/mol. The smallest absolute Gasteiger partial charge is 0.223 e. The van der Waals surface area contributed by atoms with Gasteiger partial charge in [0.2, 0.25) is 11.0 Å². The van der Waals surface area contributed by atoms with Crippen LogP contribution in [0.3, 0.4) is 0 Å². The molecule has 1 N–H and O–H groups in total. The van der Waals surface area contributed by atoms with E-state index in [0.29, 0.717) is 0 Å². The molecule has 2 atom stereocenters. The van der Waals surface area contributed by atoms with E-state index in [9.17, 15) is 9.59 Å². The summed E-state index contributed by atoms with van der Waals surface area (Å²) < 4.78 is 0. The fraction of sp³-hybridized carbons (Fsp3) is 0.800. The summed E-state index contributed by atoms with van der Waals surface area (Å²) in [6.45, 7) is 3.96. The third kappa shape index (κ3) is 3.01. The van der Waals surface area contributed by atoms with Gasteiger partial charge in [0, 0.05) is 11.7 Å². The van der Waals surface area contributed by atoms with Crippen molar-refractivity contribution in [3.63, 3.8) is 0 Å². The van der Waals surface area contributed by atoms with Gasteiger partial charge in [0.1, 0.15) is 0 Å². The number of hydrogen-bond acceptors (Lipinski definition) is 3. The minimum atomic E-state index is -0.230. The van der Waals surface area contributed by atoms with E-state index < -0.39 is 0 Å². The molecule has 0 saturated carbocycles. The predicted octanol–water partition coefficient (Wildman–Crippen LogP) is 1.57. The minimum Gasteiger partial charge on any atom is -0.345 e. The molecule has 3 nitrogen and oxygen atoms in total. The summed E-state index contributed by atoms with van der Waals surface area (Å²) >= 11 is 1.32. The van der Waals surface area contributed by atoms with Gasteiger partial charge in [0.25, 0.3) is 0 Å². The van der Waals surface area contributed by atoms with Gasteiger partial charge in [0.15, 0.2) is 0 Å². The highest BCUT2D eigenvalue weighted by atomic mass is 32.2. The van der Waals surface area contributed by atoms with Crippen LogP contribution in [-0.2, 0) is 9.59 Å². The van der Waals surface area contributed by atoms with Crippen molar-refractivity contribution in [2.75, 3.05) is 5.75 Å². The van der Waals surface area contributed by atoms with Gasteiger partial charge in [-0.15, -0.1) is 0 Å². The first-order chi connectivity index (χ1) is 6.65. The molecule has 0 spiro atoms. The highest BCUT2D eigenvalue weighted by Crippen LogP contribution is 2.20. The van der Waals surface area contributed by atoms with Crippen LogP contribution in [-0.4, -0.2) is 22.8 Å². The summed E-state index contributed by atoms with van der Waals surface area (Å²) in [5.74, 6) is 0.887. The molecule has 0 aromatic heterocycles. The Morgan fingerprint density at radius 3 is 2.93 bits per heavy atom. The van der Waals surface area contributed by atoms with Crippen molar-refractivity contribution in [3.8, 4) is 0 Å². The van der Waals surface area contributed by atoms with Crippen molar-refractivity contribution in [2.45, 2.75) is 39.2 Å². The van der Waals surface area contributed by atoms with Gasteiger partial charge in [-0.05, 0) is 12.8 Å². The Labute approximate surface area is 89.0 Å². The summed E-state index contributed by atoms with van der Waals surface area (Å²) in [4.78, 5) is 22.8. The lowest BCUT2D eigenvalue weighted by Crippen LogP contribution is -2.40. The number of nitrogens with one attached hydrogen (secondary N) is 1. The van der Waals surface area contributed by atoms with Crippen LogP contribution >= 0.6 is 11.8 Å². The van der Waals surface area contributed by atoms with E-state index in [4.69, 9.17) is 0 Å². The molecule has 4 heteroatoms. The van der Waals surface area contributed by atoms with Crippen LogP contribution in [0.4, 0.5) is 0 Å². The molecule has 1 aliphatic rings. The van der Waals surface area contributed by atoms with E-state index in [0.717, 1.165) is 25.0 Å². The second kappa shape index (κ2) is 5.39. The second-order valence-corrected chi connectivity index (χ2v) is 4.81. The van der Waals surface area contributed by atoms with Gasteiger partial charge in [-0.25, -0.2) is 0 Å². The Bertz CT molecular complexity index is 230. The summed E-state index contributed by atoms with van der Waals surface area (Å²) in [6, 6.07) is -0.230. The minimum absolute atomic E-state index is 0.0210. The first-order valence-corrected chi connectivity index (χ1v) is 6.10. The quantitative estimate of drug-likeness (QED) is 0.774. The van der Waals surface area contributed by atoms with Crippen LogP contribution in [0.15, 0.2) is 0 Å². The van der Waals surface area contributed by atoms with Gasteiger partial charge in [-0.1, -0.05) is 32.0 Å². The lowest BCUT2D eigenvalue weighted by atomic mass is 10.0. The van der Waals surface area contributed by atoms with Gasteiger partial charge < -0.3 is 5.32 Å². The van der Waals surface area contributed by atoms with Crippen molar-refractivity contribution in [1.82, 2.24) is 5.32 Å². The Morgan fingerprint density at radius 2 is 2.43 bits per heavy atom. The number of thioether (sulfide) groups is 1. The van der Waals surface area contributed by atoms with Crippen molar-refractivity contribution in [2.24, 2.45) is 5.92 Å². The molecule has 1 heterocycles. The molecule has 0 aromatic rings. The number of hydrogen-bond donors (Lipinski definition) is 1. The van der Waals surface area contributed by atoms with E-state index >= 15 is 0 Å². The Morgan fingerprint density at radius 1 is 1.71 bits per heavy atom. The standard InChI is InChI=1S/C10H17NO2S/c1-3-4-7(2)9(12)11-8-5-6-14-10(8)13/h7-8H,3-6H2,1-2H3,(H,11,12)/t7-,8+/m0/s1. The molecule has 1 rings (SSSR count). The molecular formula is C10H17NO2S. The van der Waals surface area contributed by atoms with E-state index in [-0.39, 0.29) is 23.0 Å². The average molecular weight is 215 g/mol. The van der Waals surface area contributed by atoms with E-state index in [1.54, 1.807) is 0 Å². The zero-order chi connectivity index (χ0) is 10.6. The lowest BCUT2D eigenvalue weighted by Gasteiger charge is -2.14. The molecule has 14 heavy (non-hydrogen) atoms. The van der Waals surface area contributed by atoms with Crippen molar-refractivity contribution < 1.29 is 9.59 Å². The first-order valence-electron chi connectivity index (χ1n) is 5.12. The molecule has 1 fully saturated rings. The molecule has 0 bridgehead atoms. The van der Waals surface area contributed by atoms with Crippen molar-refractivity contribution >= 4 is 22.8 Å². The van der Waals surface area contributed by atoms with Gasteiger partial charge in [-0.2, -0.15) is 0 Å². The first kappa shape index (κ1) is 11.6. The number of amides is 1. The lowest BCUT2D eigenvalue weighted by molar-refractivity contribution is -0.127. The van der Waals surface area contributed by atoms with E-state index in [1.165, 1.54) is 11.8 Å².